The number of anilines is 2. The second kappa shape index (κ2) is 6.34. The van der Waals surface area contributed by atoms with Crippen molar-refractivity contribution >= 4 is 29.2 Å². The maximum Gasteiger partial charge on any atom is 0.247 e. The lowest BCUT2D eigenvalue weighted by Crippen LogP contribution is -2.43. The van der Waals surface area contributed by atoms with Gasteiger partial charge in [0.05, 0.1) is 13.2 Å². The van der Waals surface area contributed by atoms with E-state index in [1.54, 1.807) is 9.69 Å². The average molecular weight is 345 g/mol. The Morgan fingerprint density at radius 1 is 1.21 bits per heavy atom. The molecular weight excluding hydrogens is 326 g/mol. The predicted octanol–water partition coefficient (Wildman–Crippen LogP) is 0.808. The molecule has 1 aromatic heterocycles. The van der Waals surface area contributed by atoms with Gasteiger partial charge in [0.15, 0.2) is 0 Å². The van der Waals surface area contributed by atoms with E-state index >= 15 is 0 Å². The molecule has 1 aromatic carbocycles. The van der Waals surface area contributed by atoms with Gasteiger partial charge in [-0.3, -0.25) is 5.01 Å². The van der Waals surface area contributed by atoms with Crippen LogP contribution in [-0.4, -0.2) is 58.2 Å². The number of benzene rings is 1. The van der Waals surface area contributed by atoms with Crippen LogP contribution >= 0.6 is 12.2 Å². The number of hydrazine groups is 1. The molecule has 0 bridgehead atoms. The normalized spacial score (nSPS) is 21.2. The number of nitrogens with one attached hydrogen (secondary N) is 2. The molecule has 0 saturated carbocycles. The largest absolute Gasteiger partial charge is 0.378 e. The van der Waals surface area contributed by atoms with E-state index in [0.29, 0.717) is 30.2 Å². The number of hydrogen-bond donors (Lipinski definition) is 2. The van der Waals surface area contributed by atoms with Crippen LogP contribution in [0.25, 0.3) is 0 Å². The van der Waals surface area contributed by atoms with Gasteiger partial charge in [0.1, 0.15) is 6.17 Å². The standard InChI is InChI=1S/C15H19N7OS/c1-20-15(24)22-13(16-12(18-20)11-5-3-2-4-6-11)17-14(19-22)21-7-9-23-10-8-21/h2-6,12,18H,7-10H2,1H3,(H,16,17,19). The molecule has 2 N–H and O–H groups in total. The summed E-state index contributed by atoms with van der Waals surface area (Å²) in [5, 5.41) is 10.3. The Morgan fingerprint density at radius 3 is 2.71 bits per heavy atom. The van der Waals surface area contributed by atoms with Crippen molar-refractivity contribution in [2.45, 2.75) is 6.17 Å². The third kappa shape index (κ3) is 2.81. The summed E-state index contributed by atoms with van der Waals surface area (Å²) in [5.74, 6) is 1.30. The first-order valence-corrected chi connectivity index (χ1v) is 8.28. The summed E-state index contributed by atoms with van der Waals surface area (Å²) in [6, 6.07) is 10.1. The van der Waals surface area contributed by atoms with Crippen molar-refractivity contribution in [2.75, 3.05) is 43.6 Å². The smallest absolute Gasteiger partial charge is 0.247 e. The Balaban J connectivity index is 1.66. The van der Waals surface area contributed by atoms with Gasteiger partial charge in [0, 0.05) is 20.1 Å². The Bertz CT molecular complexity index is 729. The highest BCUT2D eigenvalue weighted by molar-refractivity contribution is 7.80. The fraction of sp³-hybridized carbons (Fsp3) is 0.400. The fourth-order valence-electron chi connectivity index (χ4n) is 2.78. The number of nitrogens with zero attached hydrogens (tertiary/aromatic N) is 5. The molecule has 2 aromatic rings. The summed E-state index contributed by atoms with van der Waals surface area (Å²) in [6.45, 7) is 2.95. The van der Waals surface area contributed by atoms with E-state index < -0.39 is 0 Å². The summed E-state index contributed by atoms with van der Waals surface area (Å²) >= 11 is 5.53. The Labute approximate surface area is 145 Å². The zero-order valence-electron chi connectivity index (χ0n) is 13.3. The zero-order valence-corrected chi connectivity index (χ0v) is 14.2. The minimum absolute atomic E-state index is 0.142. The highest BCUT2D eigenvalue weighted by Crippen LogP contribution is 2.22. The molecule has 0 amide bonds. The topological polar surface area (TPSA) is 70.5 Å². The third-order valence-corrected chi connectivity index (χ3v) is 4.53. The Hall–Kier alpha value is -2.23. The molecule has 24 heavy (non-hydrogen) atoms. The molecule has 1 saturated heterocycles. The van der Waals surface area contributed by atoms with E-state index in [4.69, 9.17) is 17.0 Å². The molecule has 9 heteroatoms. The highest BCUT2D eigenvalue weighted by Gasteiger charge is 2.27. The fourth-order valence-corrected chi connectivity index (χ4v) is 2.96. The molecule has 2 aliphatic rings. The molecular formula is C15H19N7OS. The molecule has 0 spiro atoms. The van der Waals surface area contributed by atoms with Gasteiger partial charge in [-0.1, -0.05) is 30.3 Å². The van der Waals surface area contributed by atoms with E-state index in [9.17, 15) is 0 Å². The van der Waals surface area contributed by atoms with Gasteiger partial charge in [-0.05, 0) is 17.8 Å². The monoisotopic (exact) mass is 345 g/mol. The zero-order chi connectivity index (χ0) is 16.5. The average Bonchev–Trinajstić information content (AvgIpc) is 3.01. The van der Waals surface area contributed by atoms with Crippen LogP contribution < -0.4 is 15.6 Å². The predicted molar refractivity (Wildman–Crippen MR) is 94.8 cm³/mol. The van der Waals surface area contributed by atoms with Gasteiger partial charge in [-0.2, -0.15) is 9.67 Å². The number of rotatable bonds is 2. The van der Waals surface area contributed by atoms with Gasteiger partial charge >= 0.3 is 0 Å². The second-order valence-corrected chi connectivity index (χ2v) is 6.07. The Morgan fingerprint density at radius 2 is 1.96 bits per heavy atom. The molecule has 1 unspecified atom stereocenters. The molecule has 1 fully saturated rings. The molecule has 4 rings (SSSR count). The van der Waals surface area contributed by atoms with Crippen LogP contribution in [0.1, 0.15) is 11.7 Å². The van der Waals surface area contributed by atoms with Crippen LogP contribution in [0.15, 0.2) is 30.3 Å². The van der Waals surface area contributed by atoms with Gasteiger partial charge in [-0.15, -0.1) is 5.10 Å². The summed E-state index contributed by atoms with van der Waals surface area (Å²) in [7, 11) is 1.88. The van der Waals surface area contributed by atoms with Crippen LogP contribution in [-0.2, 0) is 4.74 Å². The number of hydrogen-bond acceptors (Lipinski definition) is 7. The van der Waals surface area contributed by atoms with Crippen LogP contribution in [0.5, 0.6) is 0 Å². The van der Waals surface area contributed by atoms with Gasteiger partial charge in [-0.25, -0.2) is 5.43 Å². The lowest BCUT2D eigenvalue weighted by Gasteiger charge is -2.26. The number of fused-ring (bicyclic) bond motifs is 1. The number of ether oxygens (including phenoxy) is 1. The Kier molecular flexibility index (Phi) is 4.05. The minimum Gasteiger partial charge on any atom is -0.378 e. The van der Waals surface area contributed by atoms with Gasteiger partial charge in [0.2, 0.25) is 17.0 Å². The number of aromatic nitrogens is 3. The summed E-state index contributed by atoms with van der Waals surface area (Å²) in [4.78, 5) is 6.76. The molecule has 8 nitrogen and oxygen atoms in total. The van der Waals surface area contributed by atoms with Crippen molar-refractivity contribution in [3.8, 4) is 0 Å². The van der Waals surface area contributed by atoms with Crippen molar-refractivity contribution in [1.82, 2.24) is 25.2 Å². The van der Waals surface area contributed by atoms with Gasteiger partial charge in [0.25, 0.3) is 0 Å². The first kappa shape index (κ1) is 15.3. The highest BCUT2D eigenvalue weighted by atomic mass is 32.1. The molecule has 126 valence electrons. The number of thiocarbonyl (C=S) groups is 1. The van der Waals surface area contributed by atoms with E-state index in [-0.39, 0.29) is 6.17 Å². The van der Waals surface area contributed by atoms with Crippen molar-refractivity contribution < 1.29 is 4.74 Å². The van der Waals surface area contributed by atoms with E-state index in [1.165, 1.54) is 0 Å². The lowest BCUT2D eigenvalue weighted by molar-refractivity contribution is 0.122. The summed E-state index contributed by atoms with van der Waals surface area (Å²) in [5.41, 5.74) is 4.42. The first-order chi connectivity index (χ1) is 11.7. The minimum atomic E-state index is -0.142. The maximum absolute atomic E-state index is 5.53. The van der Waals surface area contributed by atoms with Crippen molar-refractivity contribution in [1.29, 1.82) is 0 Å². The molecule has 2 aliphatic heterocycles. The molecule has 1 atom stereocenters. The van der Waals surface area contributed by atoms with Crippen molar-refractivity contribution in [2.24, 2.45) is 0 Å². The SMILES string of the molecule is CN1NC(c2ccccc2)Nc2nc(N3CCOCC3)nn2C1=S. The lowest BCUT2D eigenvalue weighted by atomic mass is 10.2. The molecule has 0 aliphatic carbocycles. The van der Waals surface area contributed by atoms with E-state index in [0.717, 1.165) is 18.7 Å². The van der Waals surface area contributed by atoms with Crippen LogP contribution in [0, 0.1) is 0 Å². The summed E-state index contributed by atoms with van der Waals surface area (Å²) in [6.07, 6.45) is -0.142. The quantitative estimate of drug-likeness (QED) is 0.775. The molecule has 0 radical (unpaired) electrons. The first-order valence-electron chi connectivity index (χ1n) is 7.88. The second-order valence-electron chi connectivity index (χ2n) is 5.71. The van der Waals surface area contributed by atoms with Crippen molar-refractivity contribution in [3.63, 3.8) is 0 Å². The van der Waals surface area contributed by atoms with E-state index in [1.807, 2.05) is 25.2 Å². The van der Waals surface area contributed by atoms with Crippen LogP contribution in [0.4, 0.5) is 11.9 Å². The maximum atomic E-state index is 5.53. The third-order valence-electron chi connectivity index (χ3n) is 4.09. The van der Waals surface area contributed by atoms with E-state index in [2.05, 4.69) is 37.9 Å². The molecule has 3 heterocycles. The van der Waals surface area contributed by atoms with Crippen molar-refractivity contribution in [3.05, 3.63) is 35.9 Å². The van der Waals surface area contributed by atoms with Crippen LogP contribution in [0.3, 0.4) is 0 Å². The van der Waals surface area contributed by atoms with Gasteiger partial charge < -0.3 is 15.0 Å². The van der Waals surface area contributed by atoms with Crippen LogP contribution in [0.2, 0.25) is 0 Å². The summed E-state index contributed by atoms with van der Waals surface area (Å²) < 4.78 is 7.06. The number of morpholine rings is 1.